The zero-order valence-corrected chi connectivity index (χ0v) is 19.8. The average molecular weight is 466 g/mol. The van der Waals surface area contributed by atoms with Crippen LogP contribution in [0, 0.1) is 0 Å². The van der Waals surface area contributed by atoms with Crippen LogP contribution in [0.5, 0.6) is 5.75 Å². The molecule has 0 bridgehead atoms. The molecule has 3 aromatic heterocycles. The first-order chi connectivity index (χ1) is 17.2. The number of ether oxygens (including phenoxy) is 1. The van der Waals surface area contributed by atoms with Gasteiger partial charge in [0, 0.05) is 30.9 Å². The number of nitrogens with one attached hydrogen (secondary N) is 1. The topological polar surface area (TPSA) is 94.4 Å². The SMILES string of the molecule is CCCCc1nc(-c2ncccc2OC)cn1Cc1ccc(-c2ccc(-c3nn[nH]n3)cc2)cc1. The van der Waals surface area contributed by atoms with E-state index in [9.17, 15) is 0 Å². The van der Waals surface area contributed by atoms with E-state index in [1.165, 1.54) is 5.56 Å². The first-order valence-electron chi connectivity index (χ1n) is 11.7. The molecule has 0 saturated heterocycles. The molecule has 0 radical (unpaired) electrons. The lowest BCUT2D eigenvalue weighted by molar-refractivity contribution is 0.414. The van der Waals surface area contributed by atoms with Crippen LogP contribution in [0.2, 0.25) is 0 Å². The molecule has 0 atom stereocenters. The molecule has 35 heavy (non-hydrogen) atoms. The van der Waals surface area contributed by atoms with Gasteiger partial charge in [0.05, 0.1) is 7.11 Å². The van der Waals surface area contributed by atoms with E-state index >= 15 is 0 Å². The van der Waals surface area contributed by atoms with Gasteiger partial charge in [0.15, 0.2) is 0 Å². The monoisotopic (exact) mass is 465 g/mol. The van der Waals surface area contributed by atoms with Crippen molar-refractivity contribution in [1.82, 2.24) is 35.2 Å². The van der Waals surface area contributed by atoms with E-state index in [0.29, 0.717) is 5.82 Å². The predicted molar refractivity (Wildman–Crippen MR) is 135 cm³/mol. The van der Waals surface area contributed by atoms with Crippen molar-refractivity contribution in [3.05, 3.63) is 84.4 Å². The van der Waals surface area contributed by atoms with Gasteiger partial charge in [0.25, 0.3) is 0 Å². The Morgan fingerprint density at radius 3 is 2.37 bits per heavy atom. The molecule has 5 rings (SSSR count). The lowest BCUT2D eigenvalue weighted by atomic mass is 10.0. The second-order valence-electron chi connectivity index (χ2n) is 8.34. The Bertz CT molecular complexity index is 1370. The highest BCUT2D eigenvalue weighted by Crippen LogP contribution is 2.28. The minimum absolute atomic E-state index is 0.591. The molecule has 0 fully saturated rings. The third-order valence-corrected chi connectivity index (χ3v) is 5.97. The van der Waals surface area contributed by atoms with Crippen molar-refractivity contribution in [3.8, 4) is 39.7 Å². The van der Waals surface area contributed by atoms with Crippen molar-refractivity contribution in [3.63, 3.8) is 0 Å². The van der Waals surface area contributed by atoms with E-state index in [0.717, 1.165) is 65.5 Å². The van der Waals surface area contributed by atoms with Gasteiger partial charge in [-0.1, -0.05) is 61.9 Å². The van der Waals surface area contributed by atoms with Crippen LogP contribution in [0.4, 0.5) is 0 Å². The lowest BCUT2D eigenvalue weighted by Crippen LogP contribution is -2.04. The summed E-state index contributed by atoms with van der Waals surface area (Å²) in [5, 5.41) is 14.2. The lowest BCUT2D eigenvalue weighted by Gasteiger charge is -2.09. The summed E-state index contributed by atoms with van der Waals surface area (Å²) < 4.78 is 7.74. The summed E-state index contributed by atoms with van der Waals surface area (Å²) in [6.45, 7) is 2.95. The fourth-order valence-electron chi connectivity index (χ4n) is 4.08. The molecule has 176 valence electrons. The zero-order chi connectivity index (χ0) is 24.0. The molecule has 1 N–H and O–H groups in total. The van der Waals surface area contributed by atoms with E-state index in [1.807, 2.05) is 24.3 Å². The first-order valence-corrected chi connectivity index (χ1v) is 11.7. The number of rotatable bonds is 9. The van der Waals surface area contributed by atoms with Crippen molar-refractivity contribution in [2.75, 3.05) is 7.11 Å². The average Bonchev–Trinajstić information content (AvgIpc) is 3.59. The molecule has 8 nitrogen and oxygen atoms in total. The number of nitrogens with zero attached hydrogens (tertiary/aromatic N) is 6. The second-order valence-corrected chi connectivity index (χ2v) is 8.34. The van der Waals surface area contributed by atoms with Crippen molar-refractivity contribution in [1.29, 1.82) is 0 Å². The quantitative estimate of drug-likeness (QED) is 0.322. The van der Waals surface area contributed by atoms with Crippen molar-refractivity contribution in [2.24, 2.45) is 0 Å². The van der Waals surface area contributed by atoms with Crippen molar-refractivity contribution in [2.45, 2.75) is 32.7 Å². The number of aromatic nitrogens is 7. The Kier molecular flexibility index (Phi) is 6.61. The van der Waals surface area contributed by atoms with Gasteiger partial charge in [0.2, 0.25) is 5.82 Å². The number of aromatic amines is 1. The summed E-state index contributed by atoms with van der Waals surface area (Å²) in [7, 11) is 1.66. The van der Waals surface area contributed by atoms with Crippen LogP contribution in [0.3, 0.4) is 0 Å². The van der Waals surface area contributed by atoms with Crippen molar-refractivity contribution >= 4 is 0 Å². The van der Waals surface area contributed by atoms with E-state index in [1.54, 1.807) is 13.3 Å². The molecular formula is C27H27N7O. The summed E-state index contributed by atoms with van der Waals surface area (Å²) >= 11 is 0. The van der Waals surface area contributed by atoms with Crippen LogP contribution >= 0.6 is 0 Å². The van der Waals surface area contributed by atoms with Gasteiger partial charge >= 0.3 is 0 Å². The number of imidazole rings is 1. The van der Waals surface area contributed by atoms with E-state index in [-0.39, 0.29) is 0 Å². The summed E-state index contributed by atoms with van der Waals surface area (Å²) in [6, 6.07) is 20.6. The Labute approximate surface area is 204 Å². The number of hydrogen-bond acceptors (Lipinski definition) is 6. The van der Waals surface area contributed by atoms with Gasteiger partial charge in [-0.05, 0) is 40.5 Å². The number of hydrogen-bond donors (Lipinski definition) is 1. The maximum atomic E-state index is 5.51. The molecule has 0 unspecified atom stereocenters. The van der Waals surface area contributed by atoms with E-state index < -0.39 is 0 Å². The zero-order valence-electron chi connectivity index (χ0n) is 19.8. The molecule has 5 aromatic rings. The fourth-order valence-corrected chi connectivity index (χ4v) is 4.08. The molecular weight excluding hydrogens is 438 g/mol. The van der Waals surface area contributed by atoms with Crippen LogP contribution in [0.25, 0.3) is 33.9 Å². The Balaban J connectivity index is 1.37. The maximum Gasteiger partial charge on any atom is 0.204 e. The number of methoxy groups -OCH3 is 1. The summed E-state index contributed by atoms with van der Waals surface area (Å²) in [4.78, 5) is 9.44. The van der Waals surface area contributed by atoms with Gasteiger partial charge < -0.3 is 9.30 Å². The molecule has 0 aliphatic rings. The minimum Gasteiger partial charge on any atom is -0.494 e. The number of pyridine rings is 1. The molecule has 0 aliphatic heterocycles. The third kappa shape index (κ3) is 4.96. The van der Waals surface area contributed by atoms with E-state index in [2.05, 4.69) is 79.7 Å². The normalized spacial score (nSPS) is 11.0. The van der Waals surface area contributed by atoms with Crippen LogP contribution in [-0.2, 0) is 13.0 Å². The van der Waals surface area contributed by atoms with Gasteiger partial charge in [-0.25, -0.2) is 4.98 Å². The number of H-pyrrole nitrogens is 1. The number of tetrazole rings is 1. The molecule has 2 aromatic carbocycles. The summed E-state index contributed by atoms with van der Waals surface area (Å²) in [5.41, 5.74) is 6.05. The summed E-state index contributed by atoms with van der Waals surface area (Å²) in [6.07, 6.45) is 7.00. The molecule has 0 spiro atoms. The largest absolute Gasteiger partial charge is 0.494 e. The van der Waals surface area contributed by atoms with Gasteiger partial charge in [-0.15, -0.1) is 10.2 Å². The van der Waals surface area contributed by atoms with Gasteiger partial charge in [0.1, 0.15) is 23.0 Å². The summed E-state index contributed by atoms with van der Waals surface area (Å²) in [5.74, 6) is 2.39. The molecule has 0 aliphatic carbocycles. The van der Waals surface area contributed by atoms with Crippen LogP contribution in [0.1, 0.15) is 31.2 Å². The van der Waals surface area contributed by atoms with Crippen LogP contribution in [-0.4, -0.2) is 42.3 Å². The highest BCUT2D eigenvalue weighted by Gasteiger charge is 2.14. The maximum absolute atomic E-state index is 5.51. The highest BCUT2D eigenvalue weighted by molar-refractivity contribution is 5.67. The van der Waals surface area contributed by atoms with Crippen LogP contribution in [0.15, 0.2) is 73.1 Å². The molecule has 3 heterocycles. The molecule has 0 saturated carbocycles. The number of benzene rings is 2. The van der Waals surface area contributed by atoms with Crippen LogP contribution < -0.4 is 4.74 Å². The first kappa shape index (κ1) is 22.5. The fraction of sp³-hybridized carbons (Fsp3) is 0.222. The second kappa shape index (κ2) is 10.3. The number of aryl methyl sites for hydroxylation is 1. The minimum atomic E-state index is 0.591. The Hall–Kier alpha value is -4.33. The number of unbranched alkanes of at least 4 members (excludes halogenated alkanes) is 1. The standard InChI is InChI=1S/C27H27N7O/c1-3-4-7-25-29-23(26-24(35-2)6-5-16-28-26)18-34(25)17-19-8-10-20(11-9-19)21-12-14-22(15-13-21)27-30-32-33-31-27/h5-6,8-16,18H,3-4,7,17H2,1-2H3,(H,30,31,32,33). The predicted octanol–water partition coefficient (Wildman–Crippen LogP) is 5.19. The molecule has 0 amide bonds. The van der Waals surface area contributed by atoms with E-state index in [4.69, 9.17) is 9.72 Å². The Morgan fingerprint density at radius 2 is 1.69 bits per heavy atom. The smallest absolute Gasteiger partial charge is 0.204 e. The van der Waals surface area contributed by atoms with Crippen molar-refractivity contribution < 1.29 is 4.74 Å². The molecule has 8 heteroatoms. The highest BCUT2D eigenvalue weighted by atomic mass is 16.5. The van der Waals surface area contributed by atoms with Gasteiger partial charge in [-0.2, -0.15) is 5.21 Å². The van der Waals surface area contributed by atoms with Gasteiger partial charge in [-0.3, -0.25) is 4.98 Å². The third-order valence-electron chi connectivity index (χ3n) is 5.97. The Morgan fingerprint density at radius 1 is 0.943 bits per heavy atom.